The van der Waals surface area contributed by atoms with Crippen molar-refractivity contribution in [1.29, 1.82) is 0 Å². The summed E-state index contributed by atoms with van der Waals surface area (Å²) >= 11 is 5.76. The van der Waals surface area contributed by atoms with Gasteiger partial charge in [-0.3, -0.25) is 4.81 Å². The Bertz CT molecular complexity index is 475. The molecule has 1 N–H and O–H groups in total. The van der Waals surface area contributed by atoms with Crippen LogP contribution < -0.4 is 5.46 Å². The van der Waals surface area contributed by atoms with Crippen LogP contribution in [0.4, 0.5) is 0 Å². The summed E-state index contributed by atoms with van der Waals surface area (Å²) in [7, 11) is -1.08. The molecule has 18 heavy (non-hydrogen) atoms. The first-order valence-corrected chi connectivity index (χ1v) is 5.89. The maximum atomic E-state index is 9.67. The van der Waals surface area contributed by atoms with Crippen molar-refractivity contribution in [2.45, 2.75) is 6.61 Å². The Labute approximate surface area is 111 Å². The van der Waals surface area contributed by atoms with E-state index in [9.17, 15) is 5.02 Å². The van der Waals surface area contributed by atoms with Crippen LogP contribution in [0.1, 0.15) is 5.56 Å². The molecule has 5 heteroatoms. The van der Waals surface area contributed by atoms with Crippen molar-refractivity contribution in [3.63, 3.8) is 0 Å². The standard InChI is InChI=1S/C13H12BClO3/c15-13-8-6-11(7-9-13)10-17-18-14(16)12-4-2-1-3-5-12/h1-9,16H,10H2. The van der Waals surface area contributed by atoms with E-state index in [1.807, 2.05) is 30.3 Å². The molecule has 0 aromatic heterocycles. The van der Waals surface area contributed by atoms with Crippen LogP contribution in [0.15, 0.2) is 54.6 Å². The molecule has 0 atom stereocenters. The molecule has 0 unspecified atom stereocenters. The van der Waals surface area contributed by atoms with Crippen molar-refractivity contribution in [1.82, 2.24) is 0 Å². The third-order valence-corrected chi connectivity index (χ3v) is 2.63. The van der Waals surface area contributed by atoms with Gasteiger partial charge in [0.2, 0.25) is 0 Å². The van der Waals surface area contributed by atoms with Gasteiger partial charge in [-0.25, -0.2) is 4.89 Å². The molecular formula is C13H12BClO3. The molecule has 0 aliphatic heterocycles. The van der Waals surface area contributed by atoms with Gasteiger partial charge in [-0.05, 0) is 23.2 Å². The molecule has 2 rings (SSSR count). The van der Waals surface area contributed by atoms with Gasteiger partial charge in [0.25, 0.3) is 0 Å². The van der Waals surface area contributed by atoms with E-state index in [0.717, 1.165) is 5.56 Å². The maximum absolute atomic E-state index is 9.67. The van der Waals surface area contributed by atoms with Gasteiger partial charge >= 0.3 is 7.12 Å². The van der Waals surface area contributed by atoms with Crippen LogP contribution in [0, 0.1) is 0 Å². The Morgan fingerprint density at radius 2 is 1.67 bits per heavy atom. The van der Waals surface area contributed by atoms with E-state index in [2.05, 4.69) is 0 Å². The number of halogens is 1. The zero-order valence-electron chi connectivity index (χ0n) is 9.62. The molecule has 0 saturated carbocycles. The zero-order valence-corrected chi connectivity index (χ0v) is 10.4. The third kappa shape index (κ3) is 3.86. The van der Waals surface area contributed by atoms with E-state index in [0.29, 0.717) is 10.5 Å². The van der Waals surface area contributed by atoms with Gasteiger partial charge in [-0.15, -0.1) is 0 Å². The summed E-state index contributed by atoms with van der Waals surface area (Å²) in [6, 6.07) is 16.2. The fourth-order valence-electron chi connectivity index (χ4n) is 1.42. The second-order valence-corrected chi connectivity index (χ2v) is 4.18. The third-order valence-electron chi connectivity index (χ3n) is 2.38. The molecule has 0 heterocycles. The predicted octanol–water partition coefficient (Wildman–Crippen LogP) is 2.18. The summed E-state index contributed by atoms with van der Waals surface area (Å²) in [4.78, 5) is 9.87. The van der Waals surface area contributed by atoms with Crippen LogP contribution in [0.25, 0.3) is 0 Å². The summed E-state index contributed by atoms with van der Waals surface area (Å²) in [5, 5.41) is 10.3. The molecule has 2 aromatic carbocycles. The lowest BCUT2D eigenvalue weighted by Crippen LogP contribution is -2.33. The van der Waals surface area contributed by atoms with E-state index < -0.39 is 7.12 Å². The lowest BCUT2D eigenvalue weighted by molar-refractivity contribution is -0.231. The average molecular weight is 263 g/mol. The number of rotatable bonds is 5. The smallest absolute Gasteiger partial charge is 0.422 e. The summed E-state index contributed by atoms with van der Waals surface area (Å²) in [6.07, 6.45) is 0. The van der Waals surface area contributed by atoms with Crippen LogP contribution in [-0.4, -0.2) is 12.1 Å². The fraction of sp³-hybridized carbons (Fsp3) is 0.0769. The van der Waals surface area contributed by atoms with Crippen molar-refractivity contribution in [3.05, 3.63) is 65.2 Å². The molecule has 2 aromatic rings. The van der Waals surface area contributed by atoms with Crippen LogP contribution in [0.2, 0.25) is 5.02 Å². The molecule has 0 amide bonds. The van der Waals surface area contributed by atoms with Crippen LogP contribution >= 0.6 is 11.6 Å². The molecule has 0 saturated heterocycles. The monoisotopic (exact) mass is 262 g/mol. The first-order chi connectivity index (χ1) is 8.75. The first-order valence-electron chi connectivity index (χ1n) is 5.51. The quantitative estimate of drug-likeness (QED) is 0.510. The van der Waals surface area contributed by atoms with E-state index >= 15 is 0 Å². The molecule has 92 valence electrons. The van der Waals surface area contributed by atoms with Crippen molar-refractivity contribution in [3.8, 4) is 0 Å². The normalized spacial score (nSPS) is 10.3. The Morgan fingerprint density at radius 3 is 2.33 bits per heavy atom. The topological polar surface area (TPSA) is 38.7 Å². The van der Waals surface area contributed by atoms with Gasteiger partial charge in [-0.2, -0.15) is 0 Å². The lowest BCUT2D eigenvalue weighted by Gasteiger charge is -2.07. The largest absolute Gasteiger partial charge is 0.523 e. The van der Waals surface area contributed by atoms with Crippen LogP contribution in [0.5, 0.6) is 0 Å². The molecule has 0 spiro atoms. The van der Waals surface area contributed by atoms with Crippen molar-refractivity contribution < 1.29 is 14.7 Å². The van der Waals surface area contributed by atoms with Crippen LogP contribution in [-0.2, 0) is 16.3 Å². The molecular weight excluding hydrogens is 250 g/mol. The summed E-state index contributed by atoms with van der Waals surface area (Å²) < 4.78 is 0. The molecule has 0 fully saturated rings. The highest BCUT2D eigenvalue weighted by atomic mass is 35.5. The van der Waals surface area contributed by atoms with Gasteiger partial charge < -0.3 is 5.02 Å². The van der Waals surface area contributed by atoms with Crippen molar-refractivity contribution in [2.75, 3.05) is 0 Å². The van der Waals surface area contributed by atoms with E-state index in [4.69, 9.17) is 21.3 Å². The minimum Gasteiger partial charge on any atom is -0.422 e. The fourth-order valence-corrected chi connectivity index (χ4v) is 1.55. The molecule has 0 aliphatic carbocycles. The summed E-state index contributed by atoms with van der Waals surface area (Å²) in [5.74, 6) is 0. The molecule has 0 bridgehead atoms. The zero-order chi connectivity index (χ0) is 12.8. The van der Waals surface area contributed by atoms with Gasteiger partial charge in [0.05, 0.1) is 0 Å². The first kappa shape index (κ1) is 13.1. The highest BCUT2D eigenvalue weighted by Gasteiger charge is 2.16. The Hall–Kier alpha value is -1.33. The average Bonchev–Trinajstić information content (AvgIpc) is 2.42. The maximum Gasteiger partial charge on any atom is 0.523 e. The van der Waals surface area contributed by atoms with Gasteiger partial charge in [0.15, 0.2) is 0 Å². The molecule has 0 aliphatic rings. The van der Waals surface area contributed by atoms with E-state index in [1.165, 1.54) is 0 Å². The Morgan fingerprint density at radius 1 is 1.00 bits per heavy atom. The minimum atomic E-state index is -1.08. The van der Waals surface area contributed by atoms with E-state index in [1.54, 1.807) is 24.3 Å². The summed E-state index contributed by atoms with van der Waals surface area (Å²) in [6.45, 7) is 0.251. The second kappa shape index (κ2) is 6.57. The predicted molar refractivity (Wildman–Crippen MR) is 71.4 cm³/mol. The molecule has 0 radical (unpaired) electrons. The minimum absolute atomic E-state index is 0.251. The van der Waals surface area contributed by atoms with Gasteiger partial charge in [0, 0.05) is 5.02 Å². The number of benzene rings is 2. The Kier molecular flexibility index (Phi) is 4.78. The van der Waals surface area contributed by atoms with Gasteiger partial charge in [-0.1, -0.05) is 54.1 Å². The Balaban J connectivity index is 1.80. The van der Waals surface area contributed by atoms with Crippen molar-refractivity contribution >= 4 is 24.2 Å². The van der Waals surface area contributed by atoms with E-state index in [-0.39, 0.29) is 6.61 Å². The lowest BCUT2D eigenvalue weighted by atomic mass is 9.80. The highest BCUT2D eigenvalue weighted by Crippen LogP contribution is 2.10. The van der Waals surface area contributed by atoms with Crippen LogP contribution in [0.3, 0.4) is 0 Å². The van der Waals surface area contributed by atoms with Crippen molar-refractivity contribution in [2.24, 2.45) is 0 Å². The molecule has 3 nitrogen and oxygen atoms in total. The number of hydrogen-bond acceptors (Lipinski definition) is 3. The number of hydrogen-bond donors (Lipinski definition) is 1. The van der Waals surface area contributed by atoms with Gasteiger partial charge in [0.1, 0.15) is 6.61 Å². The second-order valence-electron chi connectivity index (χ2n) is 3.75. The highest BCUT2D eigenvalue weighted by molar-refractivity contribution is 6.59. The SMILES string of the molecule is OB(OOCc1ccc(Cl)cc1)c1ccccc1. The summed E-state index contributed by atoms with van der Waals surface area (Å²) in [5.41, 5.74) is 1.56.